The van der Waals surface area contributed by atoms with Gasteiger partial charge in [0.25, 0.3) is 0 Å². The molecule has 1 aromatic rings. The van der Waals surface area contributed by atoms with Crippen LogP contribution in [-0.4, -0.2) is 24.4 Å². The van der Waals surface area contributed by atoms with E-state index in [9.17, 15) is 4.79 Å². The third-order valence-corrected chi connectivity index (χ3v) is 2.24. The van der Waals surface area contributed by atoms with E-state index < -0.39 is 0 Å². The van der Waals surface area contributed by atoms with Crippen molar-refractivity contribution in [3.05, 3.63) is 36.0 Å². The molecule has 1 aromatic heterocycles. The van der Waals surface area contributed by atoms with Crippen molar-refractivity contribution >= 4 is 12.1 Å². The molecule has 0 bridgehead atoms. The molecule has 80 valence electrons. The van der Waals surface area contributed by atoms with Gasteiger partial charge in [0, 0.05) is 24.8 Å². The Morgan fingerprint density at radius 2 is 2.33 bits per heavy atom. The van der Waals surface area contributed by atoms with Crippen LogP contribution in [0.1, 0.15) is 22.8 Å². The van der Waals surface area contributed by atoms with Gasteiger partial charge < -0.3 is 4.90 Å². The number of hydrogen-bond donors (Lipinski definition) is 0. The van der Waals surface area contributed by atoms with E-state index in [0.717, 1.165) is 30.8 Å². The summed E-state index contributed by atoms with van der Waals surface area (Å²) in [4.78, 5) is 17.0. The van der Waals surface area contributed by atoms with E-state index in [4.69, 9.17) is 0 Å². The van der Waals surface area contributed by atoms with Gasteiger partial charge in [0.2, 0.25) is 0 Å². The predicted octanol–water partition coefficient (Wildman–Crippen LogP) is 2.21. The van der Waals surface area contributed by atoms with Crippen molar-refractivity contribution in [1.29, 1.82) is 0 Å². The van der Waals surface area contributed by atoms with Gasteiger partial charge in [-0.25, -0.2) is 4.98 Å². The van der Waals surface area contributed by atoms with E-state index in [1.54, 1.807) is 6.20 Å². The SMILES string of the molecule is C=CCN(CC)c1ncc(C=O)cc1C. The summed E-state index contributed by atoms with van der Waals surface area (Å²) in [6, 6.07) is 1.85. The van der Waals surface area contributed by atoms with Crippen LogP contribution in [0.15, 0.2) is 24.9 Å². The topological polar surface area (TPSA) is 33.2 Å². The fourth-order valence-electron chi connectivity index (χ4n) is 1.51. The molecule has 0 atom stereocenters. The molecular formula is C12H16N2O. The summed E-state index contributed by atoms with van der Waals surface area (Å²) in [6.45, 7) is 9.38. The van der Waals surface area contributed by atoms with Crippen molar-refractivity contribution in [2.24, 2.45) is 0 Å². The van der Waals surface area contributed by atoms with Gasteiger partial charge >= 0.3 is 0 Å². The molecule has 3 nitrogen and oxygen atoms in total. The van der Waals surface area contributed by atoms with Gasteiger partial charge in [-0.1, -0.05) is 6.08 Å². The predicted molar refractivity (Wildman–Crippen MR) is 62.4 cm³/mol. The van der Waals surface area contributed by atoms with E-state index in [-0.39, 0.29) is 0 Å². The molecule has 0 aromatic carbocycles. The number of rotatable bonds is 5. The minimum absolute atomic E-state index is 0.617. The van der Waals surface area contributed by atoms with Crippen LogP contribution in [0.4, 0.5) is 5.82 Å². The normalized spacial score (nSPS) is 9.73. The Morgan fingerprint density at radius 3 is 2.80 bits per heavy atom. The highest BCUT2D eigenvalue weighted by molar-refractivity contribution is 5.75. The molecule has 0 aliphatic heterocycles. The van der Waals surface area contributed by atoms with Crippen LogP contribution in [0.5, 0.6) is 0 Å². The second-order valence-corrected chi connectivity index (χ2v) is 3.35. The lowest BCUT2D eigenvalue weighted by Gasteiger charge is -2.21. The Balaban J connectivity index is 3.02. The lowest BCUT2D eigenvalue weighted by atomic mass is 10.2. The maximum absolute atomic E-state index is 10.6. The first-order chi connectivity index (χ1) is 7.22. The van der Waals surface area contributed by atoms with Crippen LogP contribution in [0.3, 0.4) is 0 Å². The van der Waals surface area contributed by atoms with Gasteiger partial charge in [0.1, 0.15) is 5.82 Å². The van der Waals surface area contributed by atoms with E-state index in [1.165, 1.54) is 0 Å². The summed E-state index contributed by atoms with van der Waals surface area (Å²) in [5, 5.41) is 0. The summed E-state index contributed by atoms with van der Waals surface area (Å²) in [5.74, 6) is 0.919. The average Bonchev–Trinajstić information content (AvgIpc) is 2.26. The second-order valence-electron chi connectivity index (χ2n) is 3.35. The molecule has 3 heteroatoms. The number of anilines is 1. The number of aromatic nitrogens is 1. The highest BCUT2D eigenvalue weighted by Crippen LogP contribution is 2.16. The molecule has 0 fully saturated rings. The maximum Gasteiger partial charge on any atom is 0.151 e. The number of aldehydes is 1. The Hall–Kier alpha value is -1.64. The molecule has 15 heavy (non-hydrogen) atoms. The minimum Gasteiger partial charge on any atom is -0.353 e. The quantitative estimate of drug-likeness (QED) is 0.544. The molecule has 0 aliphatic rings. The van der Waals surface area contributed by atoms with Gasteiger partial charge in [-0.2, -0.15) is 0 Å². The Kier molecular flexibility index (Phi) is 4.03. The first-order valence-corrected chi connectivity index (χ1v) is 5.00. The number of likely N-dealkylation sites (N-methyl/N-ethyl adjacent to an activating group) is 1. The first-order valence-electron chi connectivity index (χ1n) is 5.00. The van der Waals surface area contributed by atoms with Crippen LogP contribution in [0, 0.1) is 6.92 Å². The van der Waals surface area contributed by atoms with Crippen molar-refractivity contribution in [3.63, 3.8) is 0 Å². The Labute approximate surface area is 90.4 Å². The molecule has 0 aliphatic carbocycles. The number of nitrogens with zero attached hydrogens (tertiary/aromatic N) is 2. The average molecular weight is 204 g/mol. The Morgan fingerprint density at radius 1 is 1.60 bits per heavy atom. The molecule has 0 saturated heterocycles. The summed E-state index contributed by atoms with van der Waals surface area (Å²) < 4.78 is 0. The molecule has 0 amide bonds. The monoisotopic (exact) mass is 204 g/mol. The largest absolute Gasteiger partial charge is 0.353 e. The zero-order valence-corrected chi connectivity index (χ0v) is 9.23. The maximum atomic E-state index is 10.6. The van der Waals surface area contributed by atoms with E-state index in [2.05, 4.69) is 23.4 Å². The third-order valence-electron chi connectivity index (χ3n) is 2.24. The van der Waals surface area contributed by atoms with Gasteiger partial charge in [-0.15, -0.1) is 6.58 Å². The van der Waals surface area contributed by atoms with Crippen molar-refractivity contribution in [2.75, 3.05) is 18.0 Å². The molecule has 0 radical (unpaired) electrons. The van der Waals surface area contributed by atoms with E-state index in [0.29, 0.717) is 5.56 Å². The van der Waals surface area contributed by atoms with Gasteiger partial charge in [0.15, 0.2) is 6.29 Å². The van der Waals surface area contributed by atoms with Crippen molar-refractivity contribution in [3.8, 4) is 0 Å². The van der Waals surface area contributed by atoms with Gasteiger partial charge in [-0.05, 0) is 25.5 Å². The van der Waals surface area contributed by atoms with Crippen molar-refractivity contribution in [1.82, 2.24) is 4.98 Å². The van der Waals surface area contributed by atoms with E-state index >= 15 is 0 Å². The molecule has 0 unspecified atom stereocenters. The highest BCUT2D eigenvalue weighted by Gasteiger charge is 2.07. The standard InChI is InChI=1S/C12H16N2O/c1-4-6-14(5-2)12-10(3)7-11(9-15)8-13-12/h4,7-9H,1,5-6H2,2-3H3. The molecule has 1 heterocycles. The number of pyridine rings is 1. The number of aryl methyl sites for hydroxylation is 1. The van der Waals surface area contributed by atoms with Crippen LogP contribution in [-0.2, 0) is 0 Å². The lowest BCUT2D eigenvalue weighted by molar-refractivity contribution is 0.112. The van der Waals surface area contributed by atoms with Crippen LogP contribution < -0.4 is 4.90 Å². The smallest absolute Gasteiger partial charge is 0.151 e. The van der Waals surface area contributed by atoms with Crippen LogP contribution >= 0.6 is 0 Å². The highest BCUT2D eigenvalue weighted by atomic mass is 16.1. The number of hydrogen-bond acceptors (Lipinski definition) is 3. The lowest BCUT2D eigenvalue weighted by Crippen LogP contribution is -2.24. The minimum atomic E-state index is 0.617. The summed E-state index contributed by atoms with van der Waals surface area (Å²) >= 11 is 0. The molecule has 1 rings (SSSR count). The van der Waals surface area contributed by atoms with Crippen LogP contribution in [0.2, 0.25) is 0 Å². The zero-order chi connectivity index (χ0) is 11.3. The number of carbonyl (C=O) groups excluding carboxylic acids is 1. The van der Waals surface area contributed by atoms with Crippen molar-refractivity contribution < 1.29 is 4.79 Å². The molecule has 0 N–H and O–H groups in total. The zero-order valence-electron chi connectivity index (χ0n) is 9.23. The molecular weight excluding hydrogens is 188 g/mol. The summed E-state index contributed by atoms with van der Waals surface area (Å²) in [5.41, 5.74) is 1.63. The second kappa shape index (κ2) is 5.29. The van der Waals surface area contributed by atoms with Gasteiger partial charge in [0.05, 0.1) is 0 Å². The fourth-order valence-corrected chi connectivity index (χ4v) is 1.51. The summed E-state index contributed by atoms with van der Waals surface area (Å²) in [7, 11) is 0. The summed E-state index contributed by atoms with van der Waals surface area (Å²) in [6.07, 6.45) is 4.26. The van der Waals surface area contributed by atoms with E-state index in [1.807, 2.05) is 19.1 Å². The first kappa shape index (κ1) is 11.4. The van der Waals surface area contributed by atoms with Crippen molar-refractivity contribution in [2.45, 2.75) is 13.8 Å². The van der Waals surface area contributed by atoms with Crippen LogP contribution in [0.25, 0.3) is 0 Å². The molecule has 0 saturated carbocycles. The third kappa shape index (κ3) is 2.65. The van der Waals surface area contributed by atoms with Gasteiger partial charge in [-0.3, -0.25) is 4.79 Å². The number of carbonyl (C=O) groups is 1. The Bertz CT molecular complexity index is 361. The molecule has 0 spiro atoms. The fraction of sp³-hybridized carbons (Fsp3) is 0.333.